The largest absolute Gasteiger partial charge is 0.334 e. The fourth-order valence-corrected chi connectivity index (χ4v) is 3.17. The van der Waals surface area contributed by atoms with Crippen molar-refractivity contribution in [3.63, 3.8) is 0 Å². The van der Waals surface area contributed by atoms with Crippen molar-refractivity contribution < 1.29 is 14.5 Å². The van der Waals surface area contributed by atoms with Gasteiger partial charge in [-0.15, -0.1) is 0 Å². The zero-order valence-electron chi connectivity index (χ0n) is 13.1. The minimum Gasteiger partial charge on any atom is -0.334 e. The summed E-state index contributed by atoms with van der Waals surface area (Å²) in [6, 6.07) is 4.55. The highest BCUT2D eigenvalue weighted by Crippen LogP contribution is 2.19. The molecule has 1 aliphatic carbocycles. The van der Waals surface area contributed by atoms with Crippen molar-refractivity contribution in [1.29, 1.82) is 0 Å². The lowest BCUT2D eigenvalue weighted by molar-refractivity contribution is -0.707. The third-order valence-corrected chi connectivity index (χ3v) is 4.55. The molecule has 1 amide bonds. The van der Waals surface area contributed by atoms with Gasteiger partial charge in [0, 0.05) is 5.02 Å². The lowest BCUT2D eigenvalue weighted by atomic mass is 9.96. The Labute approximate surface area is 136 Å². The third kappa shape index (κ3) is 5.25. The number of benzene rings is 1. The molecule has 0 saturated heterocycles. The Balaban J connectivity index is 1.88. The van der Waals surface area contributed by atoms with Gasteiger partial charge in [-0.3, -0.25) is 4.79 Å². The number of halogens is 2. The molecule has 0 unspecified atom stereocenters. The predicted molar refractivity (Wildman–Crippen MR) is 87.5 cm³/mol. The van der Waals surface area contributed by atoms with Crippen LogP contribution in [0.2, 0.25) is 5.02 Å². The van der Waals surface area contributed by atoms with Crippen molar-refractivity contribution in [1.82, 2.24) is 0 Å². The van der Waals surface area contributed by atoms with Gasteiger partial charge < -0.3 is 10.6 Å². The predicted octanol–water partition coefficient (Wildman–Crippen LogP) is 3.48. The van der Waals surface area contributed by atoms with Gasteiger partial charge >= 0.3 is 0 Å². The zero-order chi connectivity index (χ0) is 15.9. The van der Waals surface area contributed by atoms with Gasteiger partial charge in [0.15, 0.2) is 6.04 Å². The minimum absolute atomic E-state index is 0.164. The second kappa shape index (κ2) is 8.49. The van der Waals surface area contributed by atoms with Crippen LogP contribution in [-0.4, -0.2) is 18.0 Å². The van der Waals surface area contributed by atoms with Crippen LogP contribution < -0.4 is 10.6 Å². The molecule has 22 heavy (non-hydrogen) atoms. The number of rotatable bonds is 4. The van der Waals surface area contributed by atoms with Crippen molar-refractivity contribution in [2.75, 3.05) is 5.32 Å². The quantitative estimate of drug-likeness (QED) is 0.873. The van der Waals surface area contributed by atoms with Gasteiger partial charge in [-0.2, -0.15) is 0 Å². The molecule has 122 valence electrons. The molecule has 0 bridgehead atoms. The highest BCUT2D eigenvalue weighted by Gasteiger charge is 2.23. The second-order valence-electron chi connectivity index (χ2n) is 6.20. The highest BCUT2D eigenvalue weighted by molar-refractivity contribution is 6.30. The van der Waals surface area contributed by atoms with E-state index in [4.69, 9.17) is 11.6 Å². The Morgan fingerprint density at radius 1 is 1.27 bits per heavy atom. The Morgan fingerprint density at radius 3 is 2.55 bits per heavy atom. The topological polar surface area (TPSA) is 45.7 Å². The van der Waals surface area contributed by atoms with Crippen LogP contribution in [0.1, 0.15) is 51.9 Å². The molecule has 2 rings (SSSR count). The Kier molecular flexibility index (Phi) is 6.65. The molecular formula is C17H25ClFN2O+. The molecule has 1 aromatic rings. The molecule has 1 fully saturated rings. The maximum Gasteiger partial charge on any atom is 0.282 e. The van der Waals surface area contributed by atoms with Crippen LogP contribution >= 0.6 is 11.6 Å². The van der Waals surface area contributed by atoms with Crippen LogP contribution in [-0.2, 0) is 4.79 Å². The maximum atomic E-state index is 13.7. The fourth-order valence-electron chi connectivity index (χ4n) is 3.01. The lowest BCUT2D eigenvalue weighted by Crippen LogP contribution is -2.96. The maximum absolute atomic E-state index is 13.7. The number of nitrogens with one attached hydrogen (secondary N) is 1. The number of anilines is 1. The summed E-state index contributed by atoms with van der Waals surface area (Å²) in [7, 11) is 0. The van der Waals surface area contributed by atoms with Crippen molar-refractivity contribution in [2.45, 2.75) is 64.0 Å². The first-order valence-electron chi connectivity index (χ1n) is 8.17. The molecule has 3 nitrogen and oxygen atoms in total. The van der Waals surface area contributed by atoms with E-state index < -0.39 is 5.82 Å². The molecule has 5 heteroatoms. The van der Waals surface area contributed by atoms with Crippen LogP contribution in [0.15, 0.2) is 18.2 Å². The van der Waals surface area contributed by atoms with Gasteiger partial charge in [-0.25, -0.2) is 4.39 Å². The molecule has 0 radical (unpaired) electrons. The monoisotopic (exact) mass is 327 g/mol. The molecule has 0 aromatic heterocycles. The van der Waals surface area contributed by atoms with Crippen molar-refractivity contribution in [3.8, 4) is 0 Å². The summed E-state index contributed by atoms with van der Waals surface area (Å²) < 4.78 is 13.7. The molecule has 1 aliphatic rings. The van der Waals surface area contributed by atoms with Crippen molar-refractivity contribution in [2.24, 2.45) is 0 Å². The smallest absolute Gasteiger partial charge is 0.282 e. The van der Waals surface area contributed by atoms with E-state index in [1.54, 1.807) is 6.07 Å². The minimum atomic E-state index is -0.501. The average molecular weight is 328 g/mol. The van der Waals surface area contributed by atoms with Gasteiger partial charge in [0.25, 0.3) is 5.91 Å². The molecule has 0 spiro atoms. The van der Waals surface area contributed by atoms with Crippen LogP contribution in [0, 0.1) is 5.82 Å². The normalized spacial score (nSPS) is 18.3. The summed E-state index contributed by atoms with van der Waals surface area (Å²) in [5, 5.41) is 5.11. The van der Waals surface area contributed by atoms with Crippen LogP contribution in [0.25, 0.3) is 0 Å². The standard InChI is InChI=1S/C17H24ClFN2O/c1-12(20-14-7-5-3-2-4-6-8-14)17(22)21-16-10-9-13(18)11-15(16)19/h9-12,14,20H,2-8H2,1H3,(H,21,22)/p+1/t12-/m1/s1. The Bertz CT molecular complexity index is 501. The van der Waals surface area contributed by atoms with Gasteiger partial charge in [-0.1, -0.05) is 30.9 Å². The third-order valence-electron chi connectivity index (χ3n) is 4.31. The second-order valence-corrected chi connectivity index (χ2v) is 6.64. The zero-order valence-corrected chi connectivity index (χ0v) is 13.8. The molecule has 1 saturated carbocycles. The highest BCUT2D eigenvalue weighted by atomic mass is 35.5. The molecular weight excluding hydrogens is 303 g/mol. The first-order chi connectivity index (χ1) is 10.6. The summed E-state index contributed by atoms with van der Waals surface area (Å²) in [6.45, 7) is 1.88. The number of carbonyl (C=O) groups is 1. The van der Waals surface area contributed by atoms with E-state index in [0.29, 0.717) is 11.1 Å². The molecule has 0 aliphatic heterocycles. The number of hydrogen-bond donors (Lipinski definition) is 2. The summed E-state index contributed by atoms with van der Waals surface area (Å²) >= 11 is 5.71. The van der Waals surface area contributed by atoms with E-state index in [1.165, 1.54) is 44.2 Å². The van der Waals surface area contributed by atoms with Crippen LogP contribution in [0.3, 0.4) is 0 Å². The van der Waals surface area contributed by atoms with Gasteiger partial charge in [0.2, 0.25) is 0 Å². The van der Waals surface area contributed by atoms with E-state index >= 15 is 0 Å². The fraction of sp³-hybridized carbons (Fsp3) is 0.588. The van der Waals surface area contributed by atoms with E-state index in [-0.39, 0.29) is 17.6 Å². The van der Waals surface area contributed by atoms with Crippen molar-refractivity contribution in [3.05, 3.63) is 29.0 Å². The van der Waals surface area contributed by atoms with E-state index in [9.17, 15) is 9.18 Å². The van der Waals surface area contributed by atoms with Crippen LogP contribution in [0.5, 0.6) is 0 Å². The molecule has 3 N–H and O–H groups in total. The summed E-state index contributed by atoms with van der Waals surface area (Å²) in [5.74, 6) is -0.665. The van der Waals surface area contributed by atoms with E-state index in [0.717, 1.165) is 12.8 Å². The average Bonchev–Trinajstić information content (AvgIpc) is 2.44. The lowest BCUT2D eigenvalue weighted by Gasteiger charge is -2.21. The SMILES string of the molecule is C[C@@H]([NH2+]C1CCCCCCC1)C(=O)Nc1ccc(Cl)cc1F. The van der Waals surface area contributed by atoms with E-state index in [1.807, 2.05) is 6.92 Å². The number of amides is 1. The van der Waals surface area contributed by atoms with Crippen molar-refractivity contribution >= 4 is 23.2 Å². The Hall–Kier alpha value is -1.13. The first-order valence-corrected chi connectivity index (χ1v) is 8.55. The molecule has 1 aromatic carbocycles. The molecule has 0 heterocycles. The number of hydrogen-bond acceptors (Lipinski definition) is 1. The van der Waals surface area contributed by atoms with Gasteiger partial charge in [-0.05, 0) is 50.8 Å². The van der Waals surface area contributed by atoms with E-state index in [2.05, 4.69) is 10.6 Å². The number of carbonyl (C=O) groups excluding carboxylic acids is 1. The van der Waals surface area contributed by atoms with Gasteiger partial charge in [0.05, 0.1) is 11.7 Å². The summed E-state index contributed by atoms with van der Waals surface area (Å²) in [6.07, 6.45) is 8.71. The van der Waals surface area contributed by atoms with Crippen LogP contribution in [0.4, 0.5) is 10.1 Å². The number of quaternary nitrogens is 1. The molecule has 1 atom stereocenters. The first kappa shape index (κ1) is 17.2. The van der Waals surface area contributed by atoms with Gasteiger partial charge in [0.1, 0.15) is 5.82 Å². The summed E-state index contributed by atoms with van der Waals surface area (Å²) in [5.41, 5.74) is 0.187. The Morgan fingerprint density at radius 2 is 1.91 bits per heavy atom. The summed E-state index contributed by atoms with van der Waals surface area (Å²) in [4.78, 5) is 12.2. The number of nitrogens with two attached hydrogens (primary N) is 1.